The molecule has 1 amide bonds. The Hall–Kier alpha value is -3.77. The summed E-state index contributed by atoms with van der Waals surface area (Å²) in [6, 6.07) is 17.9. The van der Waals surface area contributed by atoms with Gasteiger partial charge in [0.05, 0.1) is 22.3 Å². The third-order valence-corrected chi connectivity index (χ3v) is 7.58. The number of hydrogen-bond donors (Lipinski definition) is 1. The fourth-order valence-corrected chi connectivity index (χ4v) is 5.82. The average molecular weight is 482 g/mol. The highest BCUT2D eigenvalue weighted by atomic mass is 32.1. The van der Waals surface area contributed by atoms with E-state index in [1.807, 2.05) is 89.2 Å². The highest BCUT2D eigenvalue weighted by molar-refractivity contribution is 7.11. The van der Waals surface area contributed by atoms with E-state index in [0.29, 0.717) is 20.6 Å². The lowest BCUT2D eigenvalue weighted by atomic mass is 10.1. The topological polar surface area (TPSA) is 67.0 Å². The Morgan fingerprint density at radius 3 is 2.14 bits per heavy atom. The molecule has 3 aromatic carbocycles. The molecule has 176 valence electrons. The first-order chi connectivity index (χ1) is 16.8. The van der Waals surface area contributed by atoms with E-state index in [0.717, 1.165) is 50.8 Å². The number of aryl methyl sites for hydroxylation is 5. The SMILES string of the molecule is CCc1cccc2c1=NC(=O)C=2c1sc(=Nc2c(C)cccc2C)n(-c2c(C)cccc2C)c1O. The van der Waals surface area contributed by atoms with Gasteiger partial charge in [-0.25, -0.2) is 9.98 Å². The maximum absolute atomic E-state index is 13.2. The van der Waals surface area contributed by atoms with Crippen LogP contribution in [-0.4, -0.2) is 15.6 Å². The van der Waals surface area contributed by atoms with E-state index < -0.39 is 0 Å². The number of aromatic nitrogens is 1. The second-order valence-corrected chi connectivity index (χ2v) is 9.90. The summed E-state index contributed by atoms with van der Waals surface area (Å²) >= 11 is 1.32. The first kappa shape index (κ1) is 23.0. The van der Waals surface area contributed by atoms with Gasteiger partial charge in [0.2, 0.25) is 5.88 Å². The van der Waals surface area contributed by atoms with Crippen molar-refractivity contribution in [2.45, 2.75) is 41.0 Å². The van der Waals surface area contributed by atoms with E-state index >= 15 is 0 Å². The number of aromatic hydroxyl groups is 1. The normalized spacial score (nSPS) is 13.3. The lowest BCUT2D eigenvalue weighted by molar-refractivity contribution is -0.112. The standard InChI is InChI=1S/C29H27N3O2S/c1-6-20-14-9-15-21-22(27(33)30-24(20)21)26-28(34)32(25-18(4)12-8-13-19(25)5)29(35-26)31-23-16(2)10-7-11-17(23)3/h7-15,34H,6H2,1-5H3. The van der Waals surface area contributed by atoms with Gasteiger partial charge in [-0.15, -0.1) is 0 Å². The van der Waals surface area contributed by atoms with Crippen molar-refractivity contribution in [3.63, 3.8) is 0 Å². The van der Waals surface area contributed by atoms with Gasteiger partial charge in [-0.2, -0.15) is 0 Å². The predicted octanol–water partition coefficient (Wildman–Crippen LogP) is 4.63. The number of thiazole rings is 1. The molecule has 0 bridgehead atoms. The van der Waals surface area contributed by atoms with Crippen LogP contribution in [-0.2, 0) is 11.2 Å². The molecule has 6 heteroatoms. The van der Waals surface area contributed by atoms with Gasteiger partial charge < -0.3 is 5.11 Å². The van der Waals surface area contributed by atoms with Gasteiger partial charge >= 0.3 is 0 Å². The van der Waals surface area contributed by atoms with Crippen molar-refractivity contribution >= 4 is 28.5 Å². The Morgan fingerprint density at radius 2 is 1.51 bits per heavy atom. The molecule has 5 nitrogen and oxygen atoms in total. The molecule has 5 rings (SSSR count). The van der Waals surface area contributed by atoms with E-state index in [2.05, 4.69) is 4.99 Å². The van der Waals surface area contributed by atoms with Crippen molar-refractivity contribution in [1.82, 2.24) is 4.57 Å². The number of benzene rings is 3. The Labute approximate surface area is 208 Å². The zero-order valence-electron chi connectivity index (χ0n) is 20.5. The van der Waals surface area contributed by atoms with E-state index in [1.54, 1.807) is 4.57 Å². The Kier molecular flexibility index (Phi) is 5.77. The van der Waals surface area contributed by atoms with E-state index in [-0.39, 0.29) is 11.8 Å². The molecule has 2 heterocycles. The highest BCUT2D eigenvalue weighted by Gasteiger charge is 2.27. The number of fused-ring (bicyclic) bond motifs is 1. The van der Waals surface area contributed by atoms with Gasteiger partial charge in [-0.05, 0) is 61.9 Å². The predicted molar refractivity (Wildman–Crippen MR) is 140 cm³/mol. The minimum Gasteiger partial charge on any atom is -0.493 e. The minimum atomic E-state index is -0.329. The first-order valence-electron chi connectivity index (χ1n) is 11.7. The summed E-state index contributed by atoms with van der Waals surface area (Å²) in [7, 11) is 0. The molecular weight excluding hydrogens is 454 g/mol. The van der Waals surface area contributed by atoms with E-state index in [1.165, 1.54) is 11.3 Å². The lowest BCUT2D eigenvalue weighted by Crippen LogP contribution is -2.26. The maximum atomic E-state index is 13.2. The van der Waals surface area contributed by atoms with Gasteiger partial charge in [-0.1, -0.05) is 72.9 Å². The Balaban J connectivity index is 1.91. The summed E-state index contributed by atoms with van der Waals surface area (Å²) in [5.41, 5.74) is 7.28. The molecule has 35 heavy (non-hydrogen) atoms. The molecule has 0 radical (unpaired) electrons. The van der Waals surface area contributed by atoms with Crippen LogP contribution >= 0.6 is 11.3 Å². The molecule has 1 N–H and O–H groups in total. The van der Waals surface area contributed by atoms with Gasteiger partial charge in [0.15, 0.2) is 4.80 Å². The molecule has 1 aliphatic rings. The molecule has 0 atom stereocenters. The second-order valence-electron chi connectivity index (χ2n) is 8.92. The fraction of sp³-hybridized carbons (Fsp3) is 0.207. The van der Waals surface area contributed by atoms with E-state index in [4.69, 9.17) is 4.99 Å². The molecule has 4 aromatic rings. The summed E-state index contributed by atoms with van der Waals surface area (Å²) < 4.78 is 1.78. The smallest absolute Gasteiger partial charge is 0.279 e. The molecule has 0 spiro atoms. The van der Waals surface area contributed by atoms with Crippen LogP contribution in [0.1, 0.15) is 39.6 Å². The van der Waals surface area contributed by atoms with Crippen molar-refractivity contribution in [1.29, 1.82) is 0 Å². The summed E-state index contributed by atoms with van der Waals surface area (Å²) in [4.78, 5) is 23.6. The second kappa shape index (κ2) is 8.78. The van der Waals surface area contributed by atoms with Crippen molar-refractivity contribution in [2.75, 3.05) is 0 Å². The van der Waals surface area contributed by atoms with Crippen LogP contribution in [0.3, 0.4) is 0 Å². The summed E-state index contributed by atoms with van der Waals surface area (Å²) in [5.74, 6) is -0.324. The van der Waals surface area contributed by atoms with Crippen LogP contribution in [0.2, 0.25) is 0 Å². The van der Waals surface area contributed by atoms with Gasteiger partial charge in [-0.3, -0.25) is 9.36 Å². The third-order valence-electron chi connectivity index (χ3n) is 6.53. The van der Waals surface area contributed by atoms with Crippen molar-refractivity contribution in [3.8, 4) is 11.6 Å². The van der Waals surface area contributed by atoms with Crippen LogP contribution in [0, 0.1) is 27.7 Å². The number of nitrogens with zero attached hydrogens (tertiary/aromatic N) is 3. The Bertz CT molecular complexity index is 1670. The summed E-state index contributed by atoms with van der Waals surface area (Å²) in [6.45, 7) is 10.1. The van der Waals surface area contributed by atoms with Gasteiger partial charge in [0.25, 0.3) is 5.91 Å². The number of amides is 1. The van der Waals surface area contributed by atoms with Crippen LogP contribution in [0.25, 0.3) is 11.3 Å². The Morgan fingerprint density at radius 1 is 0.914 bits per heavy atom. The van der Waals surface area contributed by atoms with Crippen molar-refractivity contribution in [2.24, 2.45) is 9.98 Å². The van der Waals surface area contributed by atoms with Crippen molar-refractivity contribution < 1.29 is 9.90 Å². The molecule has 0 aliphatic carbocycles. The third kappa shape index (κ3) is 3.74. The number of hydrogen-bond acceptors (Lipinski definition) is 4. The molecule has 0 saturated heterocycles. The molecular formula is C29H27N3O2S. The summed E-state index contributed by atoms with van der Waals surface area (Å²) in [5, 5.41) is 13.1. The largest absolute Gasteiger partial charge is 0.493 e. The highest BCUT2D eigenvalue weighted by Crippen LogP contribution is 2.33. The molecule has 1 aromatic heterocycles. The quantitative estimate of drug-likeness (QED) is 0.462. The minimum absolute atomic E-state index is 0.00527. The number of para-hydroxylation sites is 3. The first-order valence-corrected chi connectivity index (χ1v) is 12.5. The van der Waals surface area contributed by atoms with Crippen LogP contribution < -0.4 is 15.4 Å². The number of carbonyl (C=O) groups excluding carboxylic acids is 1. The molecule has 0 fully saturated rings. The van der Waals surface area contributed by atoms with Gasteiger partial charge in [0.1, 0.15) is 4.88 Å². The number of carbonyl (C=O) groups is 1. The fourth-order valence-electron chi connectivity index (χ4n) is 4.75. The maximum Gasteiger partial charge on any atom is 0.279 e. The molecule has 1 aliphatic heterocycles. The van der Waals surface area contributed by atoms with Crippen LogP contribution in [0.5, 0.6) is 5.88 Å². The zero-order chi connectivity index (χ0) is 24.9. The van der Waals surface area contributed by atoms with Gasteiger partial charge in [0, 0.05) is 5.22 Å². The van der Waals surface area contributed by atoms with Crippen LogP contribution in [0.4, 0.5) is 5.69 Å². The number of rotatable bonds is 4. The van der Waals surface area contributed by atoms with Crippen molar-refractivity contribution in [3.05, 3.63) is 103 Å². The molecule has 0 saturated carbocycles. The van der Waals surface area contributed by atoms with E-state index in [9.17, 15) is 9.90 Å². The monoisotopic (exact) mass is 481 g/mol. The average Bonchev–Trinajstić information content (AvgIpc) is 3.32. The lowest BCUT2D eigenvalue weighted by Gasteiger charge is -2.13. The summed E-state index contributed by atoms with van der Waals surface area (Å²) in [6.07, 6.45) is 0.777. The molecule has 0 unspecified atom stereocenters. The zero-order valence-corrected chi connectivity index (χ0v) is 21.3. The van der Waals surface area contributed by atoms with Crippen LogP contribution in [0.15, 0.2) is 64.6 Å².